The maximum atomic E-state index is 12.6. The number of fused-ring (bicyclic) bond motifs is 3. The van der Waals surface area contributed by atoms with Crippen molar-refractivity contribution in [2.75, 3.05) is 7.11 Å². The summed E-state index contributed by atoms with van der Waals surface area (Å²) in [4.78, 5) is 17.7. The van der Waals surface area contributed by atoms with Gasteiger partial charge in [0.25, 0.3) is 5.91 Å². The molecule has 0 aliphatic carbocycles. The van der Waals surface area contributed by atoms with Crippen molar-refractivity contribution >= 4 is 23.0 Å². The van der Waals surface area contributed by atoms with Crippen LogP contribution in [0.1, 0.15) is 34.1 Å². The lowest BCUT2D eigenvalue weighted by Crippen LogP contribution is -2.29. The molecule has 1 atom stereocenters. The van der Waals surface area contributed by atoms with Crippen LogP contribution in [0.15, 0.2) is 65.3 Å². The Morgan fingerprint density at radius 1 is 1.24 bits per heavy atom. The molecule has 25 heavy (non-hydrogen) atoms. The minimum Gasteiger partial charge on any atom is -0.399 e. The number of carbonyl (C=O) groups excluding carboxylic acids is 1. The second kappa shape index (κ2) is 6.57. The van der Waals surface area contributed by atoms with Gasteiger partial charge in [-0.15, -0.1) is 11.3 Å². The zero-order chi connectivity index (χ0) is 17.2. The maximum Gasteiger partial charge on any atom is 0.254 e. The van der Waals surface area contributed by atoms with Gasteiger partial charge in [-0.05, 0) is 29.1 Å². The molecule has 1 amide bonds. The lowest BCUT2D eigenvalue weighted by molar-refractivity contribution is 0.0940. The van der Waals surface area contributed by atoms with E-state index in [1.165, 1.54) is 7.11 Å². The van der Waals surface area contributed by atoms with Crippen molar-refractivity contribution in [3.63, 3.8) is 0 Å². The number of nitrogens with one attached hydrogen (secondary N) is 1. The number of aromatic nitrogens is 1. The molecule has 0 saturated heterocycles. The van der Waals surface area contributed by atoms with Crippen LogP contribution in [0.3, 0.4) is 0 Å². The fourth-order valence-electron chi connectivity index (χ4n) is 3.13. The van der Waals surface area contributed by atoms with E-state index in [4.69, 9.17) is 4.84 Å². The predicted molar refractivity (Wildman–Crippen MR) is 98.5 cm³/mol. The topological polar surface area (TPSA) is 55.6 Å². The molecule has 0 bridgehead atoms. The molecule has 1 N–H and O–H groups in total. The fraction of sp³-hybridized carbons (Fsp3) is 0.158. The fourth-order valence-corrected chi connectivity index (χ4v) is 4.03. The summed E-state index contributed by atoms with van der Waals surface area (Å²) in [6.07, 6.45) is 2.54. The highest BCUT2D eigenvalue weighted by Gasteiger charge is 2.28. The van der Waals surface area contributed by atoms with E-state index >= 15 is 0 Å². The van der Waals surface area contributed by atoms with Gasteiger partial charge in [0.1, 0.15) is 12.1 Å². The largest absolute Gasteiger partial charge is 0.399 e. The van der Waals surface area contributed by atoms with E-state index in [2.05, 4.69) is 15.0 Å². The number of hydrogen-bond donors (Lipinski definition) is 1. The monoisotopic (exact) mass is 351 g/mol. The first-order chi connectivity index (χ1) is 12.3. The number of rotatable bonds is 4. The Morgan fingerprint density at radius 3 is 2.88 bits per heavy atom. The molecule has 0 spiro atoms. The number of thiophene rings is 1. The van der Waals surface area contributed by atoms with Gasteiger partial charge in [-0.2, -0.15) is 0 Å². The molecule has 126 valence electrons. The Kier molecular flexibility index (Phi) is 4.11. The third-order valence-electron chi connectivity index (χ3n) is 4.26. The Labute approximate surface area is 149 Å². The predicted octanol–water partition coefficient (Wildman–Crippen LogP) is 3.76. The number of nitrogens with zero attached hydrogens (tertiary/aromatic N) is 2. The van der Waals surface area contributed by atoms with Gasteiger partial charge in [0, 0.05) is 18.3 Å². The van der Waals surface area contributed by atoms with Crippen molar-refractivity contribution in [3.05, 3.63) is 76.9 Å². The van der Waals surface area contributed by atoms with Crippen molar-refractivity contribution < 1.29 is 9.63 Å². The molecule has 4 rings (SSSR count). The highest BCUT2D eigenvalue weighted by molar-refractivity contribution is 7.13. The zero-order valence-corrected chi connectivity index (χ0v) is 14.5. The standard InChI is InChI=1S/C19H17N3O2S/c1-24-21-15(13-6-3-2-4-7-13)12-16-17-8-5-10-22(17)19-14(9-11-25-19)18(23)20-16/h2-11,16H,12H2,1H3,(H,20,23)/b21-15-. The second-order valence-corrected chi connectivity index (χ2v) is 6.65. The average Bonchev–Trinajstić information content (AvgIpc) is 3.28. The molecule has 1 unspecified atom stereocenters. The van der Waals surface area contributed by atoms with Gasteiger partial charge in [-0.25, -0.2) is 0 Å². The number of oxime groups is 1. The van der Waals surface area contributed by atoms with E-state index in [-0.39, 0.29) is 11.9 Å². The Bertz CT molecular complexity index is 927. The molecule has 3 aromatic rings. The van der Waals surface area contributed by atoms with Gasteiger partial charge in [0.05, 0.1) is 17.3 Å². The summed E-state index contributed by atoms with van der Waals surface area (Å²) >= 11 is 1.56. The quantitative estimate of drug-likeness (QED) is 0.575. The Hall–Kier alpha value is -2.86. The van der Waals surface area contributed by atoms with Crippen LogP contribution >= 0.6 is 11.3 Å². The van der Waals surface area contributed by atoms with E-state index in [9.17, 15) is 4.79 Å². The Balaban J connectivity index is 1.72. The molecule has 0 radical (unpaired) electrons. The van der Waals surface area contributed by atoms with Gasteiger partial charge in [-0.1, -0.05) is 35.5 Å². The highest BCUT2D eigenvalue weighted by atomic mass is 32.1. The van der Waals surface area contributed by atoms with Crippen LogP contribution in [-0.4, -0.2) is 23.3 Å². The van der Waals surface area contributed by atoms with Gasteiger partial charge in [0.15, 0.2) is 0 Å². The van der Waals surface area contributed by atoms with E-state index in [1.807, 2.05) is 60.1 Å². The van der Waals surface area contributed by atoms with E-state index < -0.39 is 0 Å². The van der Waals surface area contributed by atoms with Crippen LogP contribution in [0.5, 0.6) is 0 Å². The summed E-state index contributed by atoms with van der Waals surface area (Å²) < 4.78 is 2.08. The van der Waals surface area contributed by atoms with Crippen molar-refractivity contribution in [3.8, 4) is 5.00 Å². The summed E-state index contributed by atoms with van der Waals surface area (Å²) in [5.41, 5.74) is 3.52. The summed E-state index contributed by atoms with van der Waals surface area (Å²) in [5.74, 6) is -0.0604. The van der Waals surface area contributed by atoms with Crippen molar-refractivity contribution in [2.45, 2.75) is 12.5 Å². The van der Waals surface area contributed by atoms with Crippen molar-refractivity contribution in [2.24, 2.45) is 5.16 Å². The van der Waals surface area contributed by atoms with Gasteiger partial charge < -0.3 is 14.7 Å². The molecule has 0 fully saturated rings. The molecule has 0 saturated carbocycles. The zero-order valence-electron chi connectivity index (χ0n) is 13.7. The van der Waals surface area contributed by atoms with Gasteiger partial charge in [0.2, 0.25) is 0 Å². The SMILES string of the molecule is CO/N=C(/CC1NC(=O)c2ccsc2-n2cccc21)c1ccccc1. The van der Waals surface area contributed by atoms with Crippen LogP contribution in [0.25, 0.3) is 5.00 Å². The lowest BCUT2D eigenvalue weighted by Gasteiger charge is -2.18. The third kappa shape index (κ3) is 2.85. The molecular formula is C19H17N3O2S. The molecule has 3 heterocycles. The van der Waals surface area contributed by atoms with Crippen LogP contribution in [0, 0.1) is 0 Å². The number of amides is 1. The lowest BCUT2D eigenvalue weighted by atomic mass is 10.0. The first kappa shape index (κ1) is 15.7. The third-order valence-corrected chi connectivity index (χ3v) is 5.17. The average molecular weight is 351 g/mol. The Morgan fingerprint density at radius 2 is 2.08 bits per heavy atom. The maximum absolute atomic E-state index is 12.6. The van der Waals surface area contributed by atoms with Crippen LogP contribution in [-0.2, 0) is 4.84 Å². The van der Waals surface area contributed by atoms with Gasteiger partial charge >= 0.3 is 0 Å². The number of carbonyl (C=O) groups is 1. The number of hydrogen-bond acceptors (Lipinski definition) is 4. The molecule has 1 aromatic carbocycles. The summed E-state index contributed by atoms with van der Waals surface area (Å²) in [7, 11) is 1.54. The number of benzene rings is 1. The van der Waals surface area contributed by atoms with E-state index in [0.29, 0.717) is 12.0 Å². The summed E-state index contributed by atoms with van der Waals surface area (Å²) in [6, 6.07) is 15.6. The minimum atomic E-state index is -0.184. The van der Waals surface area contributed by atoms with Crippen LogP contribution in [0.2, 0.25) is 0 Å². The molecule has 5 nitrogen and oxygen atoms in total. The molecule has 2 aromatic heterocycles. The van der Waals surface area contributed by atoms with Gasteiger partial charge in [-0.3, -0.25) is 4.79 Å². The van der Waals surface area contributed by atoms with Crippen LogP contribution in [0.4, 0.5) is 0 Å². The molecular weight excluding hydrogens is 334 g/mol. The smallest absolute Gasteiger partial charge is 0.254 e. The first-order valence-corrected chi connectivity index (χ1v) is 8.87. The van der Waals surface area contributed by atoms with Crippen molar-refractivity contribution in [1.29, 1.82) is 0 Å². The first-order valence-electron chi connectivity index (χ1n) is 7.99. The highest BCUT2D eigenvalue weighted by Crippen LogP contribution is 2.32. The molecule has 6 heteroatoms. The summed E-state index contributed by atoms with van der Waals surface area (Å²) in [5, 5.41) is 10.2. The second-order valence-electron chi connectivity index (χ2n) is 5.76. The van der Waals surface area contributed by atoms with E-state index in [1.54, 1.807) is 11.3 Å². The normalized spacial score (nSPS) is 16.6. The van der Waals surface area contributed by atoms with Crippen LogP contribution < -0.4 is 5.32 Å². The summed E-state index contributed by atoms with van der Waals surface area (Å²) in [6.45, 7) is 0. The van der Waals surface area contributed by atoms with Crippen molar-refractivity contribution in [1.82, 2.24) is 9.88 Å². The minimum absolute atomic E-state index is 0.0604. The van der Waals surface area contributed by atoms with E-state index in [0.717, 1.165) is 22.0 Å². The molecule has 1 aliphatic heterocycles. The molecule has 1 aliphatic rings.